The summed E-state index contributed by atoms with van der Waals surface area (Å²) >= 11 is 6.14. The van der Waals surface area contributed by atoms with E-state index in [2.05, 4.69) is 20.1 Å². The van der Waals surface area contributed by atoms with E-state index in [0.717, 1.165) is 61.2 Å². The summed E-state index contributed by atoms with van der Waals surface area (Å²) in [6, 6.07) is 9.14. The number of rotatable bonds is 6. The van der Waals surface area contributed by atoms with Crippen molar-refractivity contribution in [1.29, 1.82) is 0 Å². The lowest BCUT2D eigenvalue weighted by atomic mass is 10.0. The van der Waals surface area contributed by atoms with Crippen molar-refractivity contribution < 1.29 is 9.50 Å². The summed E-state index contributed by atoms with van der Waals surface area (Å²) < 4.78 is 15.9. The second-order valence-corrected chi connectivity index (χ2v) is 9.98. The summed E-state index contributed by atoms with van der Waals surface area (Å²) in [4.78, 5) is 9.00. The molecule has 3 aromatic rings. The van der Waals surface area contributed by atoms with Crippen LogP contribution in [-0.2, 0) is 13.1 Å². The van der Waals surface area contributed by atoms with Gasteiger partial charge in [0.15, 0.2) is 5.82 Å². The number of hydrogen-bond donors (Lipinski definition) is 2. The van der Waals surface area contributed by atoms with Gasteiger partial charge in [-0.05, 0) is 82.2 Å². The van der Waals surface area contributed by atoms with Crippen LogP contribution in [0.2, 0.25) is 5.02 Å². The number of benzene rings is 2. The average Bonchev–Trinajstić information content (AvgIpc) is 2.86. The smallest absolute Gasteiger partial charge is 0.154 e. The number of nitrogens with zero attached hydrogens (tertiary/aromatic N) is 3. The molecule has 0 aliphatic carbocycles. The topological polar surface area (TPSA) is 51.6 Å². The number of hydrogen-bond acceptors (Lipinski definition) is 5. The zero-order chi connectivity index (χ0) is 23.5. The van der Waals surface area contributed by atoms with Crippen LogP contribution in [0.3, 0.4) is 0 Å². The van der Waals surface area contributed by atoms with E-state index in [9.17, 15) is 5.11 Å². The lowest BCUT2D eigenvalue weighted by Gasteiger charge is -2.29. The van der Waals surface area contributed by atoms with Gasteiger partial charge in [0.05, 0.1) is 11.2 Å². The summed E-state index contributed by atoms with van der Waals surface area (Å²) in [6.45, 7) is 4.95. The van der Waals surface area contributed by atoms with Crippen LogP contribution in [0.5, 0.6) is 5.75 Å². The molecular weight excluding hydrogens is 451 g/mol. The van der Waals surface area contributed by atoms with E-state index in [1.807, 2.05) is 18.2 Å². The lowest BCUT2D eigenvalue weighted by molar-refractivity contribution is 0.211. The second-order valence-electron chi connectivity index (χ2n) is 9.54. The first-order chi connectivity index (χ1) is 16.6. The number of likely N-dealkylation sites (tertiary alicyclic amines) is 2. The van der Waals surface area contributed by atoms with Gasteiger partial charge in [-0.1, -0.05) is 24.4 Å². The maximum absolute atomic E-state index is 15.9. The number of aromatic hydroxyl groups is 1. The molecule has 2 saturated heterocycles. The molecule has 2 fully saturated rings. The highest BCUT2D eigenvalue weighted by atomic mass is 35.5. The molecule has 1 aromatic heterocycles. The molecule has 180 valence electrons. The van der Waals surface area contributed by atoms with Crippen LogP contribution in [0.4, 0.5) is 15.8 Å². The van der Waals surface area contributed by atoms with Crippen molar-refractivity contribution in [3.63, 3.8) is 0 Å². The van der Waals surface area contributed by atoms with Crippen LogP contribution in [0.25, 0.3) is 10.9 Å². The molecule has 0 spiro atoms. The minimum atomic E-state index is -0.385. The van der Waals surface area contributed by atoms with Gasteiger partial charge in [-0.25, -0.2) is 4.39 Å². The molecular formula is C27H32ClFN4O. The Hall–Kier alpha value is -2.41. The maximum Gasteiger partial charge on any atom is 0.154 e. The van der Waals surface area contributed by atoms with Crippen molar-refractivity contribution in [1.82, 2.24) is 14.8 Å². The first-order valence-corrected chi connectivity index (χ1v) is 12.8. The average molecular weight is 483 g/mol. The molecule has 3 heterocycles. The Kier molecular flexibility index (Phi) is 7.18. The predicted octanol–water partition coefficient (Wildman–Crippen LogP) is 6.45. The van der Waals surface area contributed by atoms with Gasteiger partial charge in [0.1, 0.15) is 5.75 Å². The Bertz CT molecular complexity index is 1160. The highest BCUT2D eigenvalue weighted by Gasteiger charge is 2.23. The number of phenolic OH excluding ortho intramolecular Hbond substituents is 1. The molecule has 2 N–H and O–H groups in total. The van der Waals surface area contributed by atoms with E-state index < -0.39 is 0 Å². The maximum atomic E-state index is 15.9. The molecule has 0 radical (unpaired) electrons. The lowest BCUT2D eigenvalue weighted by Crippen LogP contribution is -2.30. The Morgan fingerprint density at radius 3 is 2.26 bits per heavy atom. The summed E-state index contributed by atoms with van der Waals surface area (Å²) in [5.41, 5.74) is 3.07. The fraction of sp³-hybridized carbons (Fsp3) is 0.444. The van der Waals surface area contributed by atoms with E-state index in [4.69, 9.17) is 11.6 Å². The fourth-order valence-corrected chi connectivity index (χ4v) is 5.36. The number of pyridine rings is 1. The zero-order valence-corrected chi connectivity index (χ0v) is 20.3. The van der Waals surface area contributed by atoms with Crippen molar-refractivity contribution in [2.45, 2.75) is 51.6 Å². The third-order valence-corrected chi connectivity index (χ3v) is 7.29. The molecule has 2 aliphatic heterocycles. The number of nitrogens with one attached hydrogen (secondary N) is 1. The SMILES string of the molecule is Oc1c(CN2CCCCC2)cc(Nc2ccnc3cc(Cl)ccc23)c(F)c1CN1CCCCC1. The van der Waals surface area contributed by atoms with E-state index >= 15 is 4.39 Å². The molecule has 0 unspecified atom stereocenters. The van der Waals surface area contributed by atoms with Crippen LogP contribution in [0, 0.1) is 5.82 Å². The third kappa shape index (κ3) is 5.14. The van der Waals surface area contributed by atoms with E-state index in [1.54, 1.807) is 18.3 Å². The van der Waals surface area contributed by atoms with Gasteiger partial charge in [0.2, 0.25) is 0 Å². The van der Waals surface area contributed by atoms with Gasteiger partial charge in [-0.15, -0.1) is 0 Å². The standard InChI is InChI=1S/C27H32ClFN4O/c28-20-7-8-21-23(9-10-30-24(21)16-20)31-25-15-19(17-32-11-3-1-4-12-32)27(34)22(26(25)29)18-33-13-5-2-6-14-33/h7-10,15-16,34H,1-6,11-14,17-18H2,(H,30,31). The molecule has 7 heteroatoms. The van der Waals surface area contributed by atoms with Gasteiger partial charge < -0.3 is 10.4 Å². The second kappa shape index (κ2) is 10.5. The molecule has 0 saturated carbocycles. The molecule has 34 heavy (non-hydrogen) atoms. The van der Waals surface area contributed by atoms with Gasteiger partial charge in [-0.3, -0.25) is 14.8 Å². The van der Waals surface area contributed by atoms with Crippen molar-refractivity contribution in [2.24, 2.45) is 0 Å². The van der Waals surface area contributed by atoms with Crippen LogP contribution in [0.15, 0.2) is 36.5 Å². The Balaban J connectivity index is 1.52. The van der Waals surface area contributed by atoms with Crippen molar-refractivity contribution in [3.8, 4) is 5.75 Å². The monoisotopic (exact) mass is 482 g/mol. The number of fused-ring (bicyclic) bond motifs is 1. The number of anilines is 2. The molecule has 2 aromatic carbocycles. The zero-order valence-electron chi connectivity index (χ0n) is 19.5. The number of phenols is 1. The van der Waals surface area contributed by atoms with Crippen LogP contribution >= 0.6 is 11.6 Å². The van der Waals surface area contributed by atoms with Gasteiger partial charge >= 0.3 is 0 Å². The van der Waals surface area contributed by atoms with Crippen LogP contribution in [-0.4, -0.2) is 46.1 Å². The normalized spacial score (nSPS) is 17.8. The van der Waals surface area contributed by atoms with Crippen molar-refractivity contribution in [3.05, 3.63) is 58.5 Å². The highest BCUT2D eigenvalue weighted by Crippen LogP contribution is 2.36. The minimum Gasteiger partial charge on any atom is -0.507 e. The Morgan fingerprint density at radius 1 is 0.882 bits per heavy atom. The Morgan fingerprint density at radius 2 is 1.56 bits per heavy atom. The number of piperidine rings is 2. The van der Waals surface area contributed by atoms with Crippen molar-refractivity contribution >= 4 is 33.9 Å². The summed E-state index contributed by atoms with van der Waals surface area (Å²) in [6.07, 6.45) is 8.73. The summed E-state index contributed by atoms with van der Waals surface area (Å²) in [5.74, 6) is -0.282. The Labute approximate surface area is 205 Å². The van der Waals surface area contributed by atoms with Crippen LogP contribution in [0.1, 0.15) is 49.7 Å². The molecule has 5 nitrogen and oxygen atoms in total. The minimum absolute atomic E-state index is 0.102. The van der Waals surface area contributed by atoms with Gasteiger partial charge in [0, 0.05) is 46.5 Å². The van der Waals surface area contributed by atoms with E-state index in [-0.39, 0.29) is 11.6 Å². The number of aromatic nitrogens is 1. The molecule has 0 atom stereocenters. The summed E-state index contributed by atoms with van der Waals surface area (Å²) in [5, 5.41) is 16.0. The third-order valence-electron chi connectivity index (χ3n) is 7.06. The van der Waals surface area contributed by atoms with E-state index in [1.165, 1.54) is 25.7 Å². The molecule has 2 aliphatic rings. The highest BCUT2D eigenvalue weighted by molar-refractivity contribution is 6.31. The van der Waals surface area contributed by atoms with Crippen molar-refractivity contribution in [2.75, 3.05) is 31.5 Å². The number of halogens is 2. The van der Waals surface area contributed by atoms with Gasteiger partial charge in [-0.2, -0.15) is 0 Å². The molecule has 0 bridgehead atoms. The van der Waals surface area contributed by atoms with Gasteiger partial charge in [0.25, 0.3) is 0 Å². The molecule has 0 amide bonds. The molecule has 5 rings (SSSR count). The first kappa shape index (κ1) is 23.3. The first-order valence-electron chi connectivity index (χ1n) is 12.4. The predicted molar refractivity (Wildman–Crippen MR) is 136 cm³/mol. The summed E-state index contributed by atoms with van der Waals surface area (Å²) in [7, 11) is 0. The van der Waals surface area contributed by atoms with E-state index in [0.29, 0.717) is 29.4 Å². The van der Waals surface area contributed by atoms with Crippen LogP contribution < -0.4 is 5.32 Å². The quantitative estimate of drug-likeness (QED) is 0.395. The largest absolute Gasteiger partial charge is 0.507 e. The fourth-order valence-electron chi connectivity index (χ4n) is 5.20.